The predicted octanol–water partition coefficient (Wildman–Crippen LogP) is 4.93. The summed E-state index contributed by atoms with van der Waals surface area (Å²) in [7, 11) is 0. The fourth-order valence-electron chi connectivity index (χ4n) is 2.66. The van der Waals surface area contributed by atoms with Gasteiger partial charge in [0.2, 0.25) is 0 Å². The molecule has 0 bridgehead atoms. The summed E-state index contributed by atoms with van der Waals surface area (Å²) in [4.78, 5) is 30.0. The number of carboxylic acid groups (broad SMARTS) is 1. The van der Waals surface area contributed by atoms with E-state index in [9.17, 15) is 18.4 Å². The van der Waals surface area contributed by atoms with Crippen LogP contribution in [0.25, 0.3) is 16.6 Å². The zero-order chi connectivity index (χ0) is 21.0. The zero-order valence-electron chi connectivity index (χ0n) is 15.1. The molecule has 29 heavy (non-hydrogen) atoms. The van der Waals surface area contributed by atoms with Gasteiger partial charge in [0.15, 0.2) is 11.6 Å². The summed E-state index contributed by atoms with van der Waals surface area (Å²) in [5.74, 6) is -2.88. The number of benzene rings is 1. The van der Waals surface area contributed by atoms with E-state index in [0.717, 1.165) is 12.1 Å². The summed E-state index contributed by atoms with van der Waals surface area (Å²) in [5, 5.41) is 9.17. The van der Waals surface area contributed by atoms with Crippen LogP contribution in [0.1, 0.15) is 30.6 Å². The fraction of sp³-hybridized carbons (Fsp3) is 0.263. The third-order valence-electron chi connectivity index (χ3n) is 4.11. The Kier molecular flexibility index (Phi) is 7.09. The lowest BCUT2D eigenvalue weighted by Crippen LogP contribution is -2.29. The molecular weight excluding hydrogens is 438 g/mol. The zero-order valence-corrected chi connectivity index (χ0v) is 17.5. The van der Waals surface area contributed by atoms with Crippen LogP contribution in [0, 0.1) is 11.6 Å². The largest absolute Gasteiger partial charge is 0.481 e. The Morgan fingerprint density at radius 2 is 2.03 bits per heavy atom. The van der Waals surface area contributed by atoms with Gasteiger partial charge in [-0.3, -0.25) is 14.5 Å². The molecule has 0 spiro atoms. The van der Waals surface area contributed by atoms with Crippen molar-refractivity contribution in [1.29, 1.82) is 0 Å². The Labute approximate surface area is 179 Å². The van der Waals surface area contributed by atoms with Gasteiger partial charge in [0.05, 0.1) is 4.91 Å². The van der Waals surface area contributed by atoms with E-state index >= 15 is 0 Å². The molecule has 3 rings (SSSR count). The van der Waals surface area contributed by atoms with Crippen molar-refractivity contribution in [3.8, 4) is 10.6 Å². The van der Waals surface area contributed by atoms with Gasteiger partial charge >= 0.3 is 5.97 Å². The number of hydrogen-bond donors (Lipinski definition) is 1. The van der Waals surface area contributed by atoms with E-state index in [-0.39, 0.29) is 12.3 Å². The van der Waals surface area contributed by atoms with Gasteiger partial charge in [-0.15, -0.1) is 11.3 Å². The first kappa shape index (κ1) is 21.5. The molecular formula is C19H16F2N2O3S3. The minimum atomic E-state index is -0.941. The van der Waals surface area contributed by atoms with Crippen LogP contribution in [0.2, 0.25) is 0 Å². The first-order valence-corrected chi connectivity index (χ1v) is 10.8. The molecule has 0 unspecified atom stereocenters. The highest BCUT2D eigenvalue weighted by Gasteiger charge is 2.31. The Balaban J connectivity index is 1.64. The molecule has 0 radical (unpaired) electrons. The van der Waals surface area contributed by atoms with Crippen molar-refractivity contribution < 1.29 is 23.5 Å². The Hall–Kier alpha value is -2.17. The van der Waals surface area contributed by atoms with Gasteiger partial charge in [-0.05, 0) is 37.1 Å². The number of halogens is 2. The van der Waals surface area contributed by atoms with E-state index in [2.05, 4.69) is 4.98 Å². The van der Waals surface area contributed by atoms with Crippen molar-refractivity contribution >= 4 is 57.6 Å². The number of rotatable bonds is 8. The number of aromatic nitrogens is 1. The number of nitrogens with zero attached hydrogens (tertiary/aromatic N) is 2. The van der Waals surface area contributed by atoms with Crippen molar-refractivity contribution in [1.82, 2.24) is 9.88 Å². The lowest BCUT2D eigenvalue weighted by atomic mass is 10.2. The quantitative estimate of drug-likeness (QED) is 0.346. The summed E-state index contributed by atoms with van der Waals surface area (Å²) in [5.41, 5.74) is 0.461. The second-order valence-corrected chi connectivity index (χ2v) is 8.97. The molecule has 1 aliphatic rings. The normalized spacial score (nSPS) is 15.5. The summed E-state index contributed by atoms with van der Waals surface area (Å²) < 4.78 is 27.0. The summed E-state index contributed by atoms with van der Waals surface area (Å²) in [6.45, 7) is 0.449. The van der Waals surface area contributed by atoms with Gasteiger partial charge in [-0.2, -0.15) is 0 Å². The number of carboxylic acids is 1. The highest BCUT2D eigenvalue weighted by Crippen LogP contribution is 2.35. The van der Waals surface area contributed by atoms with E-state index < -0.39 is 17.6 Å². The molecule has 0 saturated carbocycles. The molecule has 152 valence electrons. The molecule has 1 saturated heterocycles. The first-order chi connectivity index (χ1) is 13.8. The third-order valence-corrected chi connectivity index (χ3v) is 6.48. The average molecular weight is 455 g/mol. The lowest BCUT2D eigenvalue weighted by molar-refractivity contribution is -0.137. The number of carbonyl (C=O) groups excluding carboxylic acids is 1. The minimum Gasteiger partial charge on any atom is -0.481 e. The van der Waals surface area contributed by atoms with Crippen LogP contribution < -0.4 is 0 Å². The van der Waals surface area contributed by atoms with Crippen LogP contribution in [-0.2, 0) is 9.59 Å². The van der Waals surface area contributed by atoms with Gasteiger partial charge < -0.3 is 5.11 Å². The maximum absolute atomic E-state index is 13.4. The van der Waals surface area contributed by atoms with E-state index in [4.69, 9.17) is 17.3 Å². The molecule has 1 amide bonds. The number of aliphatic carboxylic acids is 1. The number of amides is 1. The van der Waals surface area contributed by atoms with Gasteiger partial charge in [-0.25, -0.2) is 13.8 Å². The standard InChI is InChI=1S/C19H16F2N2O3S3/c20-13-6-5-11(8-14(13)21)17-22-10-12(28-17)9-15-18(26)23(19(27)29-15)7-3-1-2-4-16(24)25/h5-6,8-10H,1-4,7H2,(H,24,25)/b15-9-. The molecule has 1 aliphatic heterocycles. The topological polar surface area (TPSA) is 70.5 Å². The maximum Gasteiger partial charge on any atom is 0.303 e. The van der Waals surface area contributed by atoms with E-state index in [1.165, 1.54) is 34.1 Å². The number of hydrogen-bond acceptors (Lipinski definition) is 6. The molecule has 10 heteroatoms. The Morgan fingerprint density at radius 3 is 2.76 bits per heavy atom. The first-order valence-electron chi connectivity index (χ1n) is 8.73. The maximum atomic E-state index is 13.4. The molecule has 1 N–H and O–H groups in total. The highest BCUT2D eigenvalue weighted by atomic mass is 32.2. The summed E-state index contributed by atoms with van der Waals surface area (Å²) >= 11 is 7.74. The third kappa shape index (κ3) is 5.46. The van der Waals surface area contributed by atoms with Crippen molar-refractivity contribution in [2.45, 2.75) is 25.7 Å². The van der Waals surface area contributed by atoms with Crippen molar-refractivity contribution in [2.75, 3.05) is 6.54 Å². The molecule has 1 aromatic carbocycles. The monoisotopic (exact) mass is 454 g/mol. The molecule has 1 fully saturated rings. The molecule has 2 heterocycles. The van der Waals surface area contributed by atoms with Gasteiger partial charge in [0.1, 0.15) is 9.33 Å². The van der Waals surface area contributed by atoms with Gasteiger partial charge in [-0.1, -0.05) is 30.4 Å². The molecule has 1 aromatic heterocycles. The second-order valence-electron chi connectivity index (χ2n) is 6.23. The number of thioether (sulfide) groups is 1. The summed E-state index contributed by atoms with van der Waals surface area (Å²) in [6, 6.07) is 3.58. The van der Waals surface area contributed by atoms with Crippen molar-refractivity contribution in [2.24, 2.45) is 0 Å². The van der Waals surface area contributed by atoms with Crippen LogP contribution >= 0.6 is 35.3 Å². The van der Waals surface area contributed by atoms with Crippen LogP contribution in [0.15, 0.2) is 29.3 Å². The number of thiazole rings is 1. The Bertz CT molecular complexity index is 991. The molecule has 0 atom stereocenters. The van der Waals surface area contributed by atoms with Crippen molar-refractivity contribution in [3.63, 3.8) is 0 Å². The highest BCUT2D eigenvalue weighted by molar-refractivity contribution is 8.26. The fourth-order valence-corrected chi connectivity index (χ4v) is 4.89. The number of unbranched alkanes of at least 4 members (excludes halogenated alkanes) is 2. The minimum absolute atomic E-state index is 0.115. The second kappa shape index (κ2) is 9.55. The molecule has 5 nitrogen and oxygen atoms in total. The number of carbonyl (C=O) groups is 2. The number of thiocarbonyl (C=S) groups is 1. The smallest absolute Gasteiger partial charge is 0.303 e. The molecule has 2 aromatic rings. The lowest BCUT2D eigenvalue weighted by Gasteiger charge is -2.13. The average Bonchev–Trinajstić information content (AvgIpc) is 3.23. The van der Waals surface area contributed by atoms with Crippen LogP contribution in [0.4, 0.5) is 8.78 Å². The van der Waals surface area contributed by atoms with E-state index in [1.54, 1.807) is 12.3 Å². The van der Waals surface area contributed by atoms with Crippen LogP contribution in [0.3, 0.4) is 0 Å². The van der Waals surface area contributed by atoms with Gasteiger partial charge in [0, 0.05) is 29.6 Å². The summed E-state index contributed by atoms with van der Waals surface area (Å²) in [6.07, 6.45) is 5.31. The Morgan fingerprint density at radius 1 is 1.24 bits per heavy atom. The van der Waals surface area contributed by atoms with Gasteiger partial charge in [0.25, 0.3) is 5.91 Å². The SMILES string of the molecule is O=C(O)CCCCCN1C(=O)/C(=C/c2cnc(-c3ccc(F)c(F)c3)s2)SC1=S. The van der Waals surface area contributed by atoms with E-state index in [1.807, 2.05) is 0 Å². The predicted molar refractivity (Wildman–Crippen MR) is 113 cm³/mol. The van der Waals surface area contributed by atoms with E-state index in [0.29, 0.717) is 50.5 Å². The molecule has 0 aliphatic carbocycles. The van der Waals surface area contributed by atoms with Crippen LogP contribution in [0.5, 0.6) is 0 Å². The van der Waals surface area contributed by atoms with Crippen molar-refractivity contribution in [3.05, 3.63) is 45.8 Å². The van der Waals surface area contributed by atoms with Crippen LogP contribution in [-0.4, -0.2) is 37.7 Å².